The Balaban J connectivity index is 2.19. The number of rotatable bonds is 3. The minimum atomic E-state index is -0.306. The second kappa shape index (κ2) is 5.78. The van der Waals surface area contributed by atoms with Crippen molar-refractivity contribution in [3.63, 3.8) is 0 Å². The van der Waals surface area contributed by atoms with Crippen LogP contribution in [0.3, 0.4) is 0 Å². The summed E-state index contributed by atoms with van der Waals surface area (Å²) in [5.74, 6) is 1.70. The summed E-state index contributed by atoms with van der Waals surface area (Å²) in [6, 6.07) is 0.0590. The van der Waals surface area contributed by atoms with Gasteiger partial charge in [0.2, 0.25) is 0 Å². The summed E-state index contributed by atoms with van der Waals surface area (Å²) < 4.78 is 1.83. The summed E-state index contributed by atoms with van der Waals surface area (Å²) in [5, 5.41) is 14.5. The lowest BCUT2D eigenvalue weighted by atomic mass is 10.1. The van der Waals surface area contributed by atoms with E-state index < -0.39 is 0 Å². The van der Waals surface area contributed by atoms with Gasteiger partial charge in [-0.2, -0.15) is 5.10 Å². The van der Waals surface area contributed by atoms with Crippen LogP contribution >= 0.6 is 11.8 Å². The third-order valence-electron chi connectivity index (χ3n) is 3.36. The number of nitrogen functional groups attached to an aromatic ring is 1. The normalized spacial score (nSPS) is 25.8. The fourth-order valence-corrected chi connectivity index (χ4v) is 3.11. The van der Waals surface area contributed by atoms with Crippen LogP contribution in [-0.2, 0) is 0 Å². The van der Waals surface area contributed by atoms with Crippen molar-refractivity contribution in [2.45, 2.75) is 56.1 Å². The first-order valence-corrected chi connectivity index (χ1v) is 7.36. The molecule has 3 N–H and O–H groups in total. The Morgan fingerprint density at radius 3 is 3.00 bits per heavy atom. The Morgan fingerprint density at radius 2 is 2.24 bits per heavy atom. The number of aromatic nitrogens is 2. The molecule has 5 heteroatoms. The SMILES string of the molecule is CCSc1cnn(C2CCCCCC2O)c1N. The zero-order chi connectivity index (χ0) is 12.3. The van der Waals surface area contributed by atoms with E-state index in [0.717, 1.165) is 36.3 Å². The van der Waals surface area contributed by atoms with Gasteiger partial charge < -0.3 is 10.8 Å². The largest absolute Gasteiger partial charge is 0.391 e. The average molecular weight is 255 g/mol. The predicted molar refractivity (Wildman–Crippen MR) is 71.2 cm³/mol. The van der Waals surface area contributed by atoms with Crippen molar-refractivity contribution in [2.75, 3.05) is 11.5 Å². The lowest BCUT2D eigenvalue weighted by molar-refractivity contribution is 0.100. The smallest absolute Gasteiger partial charge is 0.135 e. The molecule has 1 heterocycles. The first kappa shape index (κ1) is 12.8. The molecule has 1 aliphatic rings. The van der Waals surface area contributed by atoms with E-state index in [2.05, 4.69) is 12.0 Å². The Kier molecular flexibility index (Phi) is 4.34. The van der Waals surface area contributed by atoms with Gasteiger partial charge in [0, 0.05) is 0 Å². The van der Waals surface area contributed by atoms with Gasteiger partial charge in [0.05, 0.1) is 23.2 Å². The highest BCUT2D eigenvalue weighted by molar-refractivity contribution is 7.99. The van der Waals surface area contributed by atoms with Crippen molar-refractivity contribution >= 4 is 17.6 Å². The molecule has 0 amide bonds. The van der Waals surface area contributed by atoms with Gasteiger partial charge in [0.1, 0.15) is 5.82 Å². The van der Waals surface area contributed by atoms with E-state index >= 15 is 0 Å². The highest BCUT2D eigenvalue weighted by Gasteiger charge is 2.26. The monoisotopic (exact) mass is 255 g/mol. The maximum atomic E-state index is 10.1. The van der Waals surface area contributed by atoms with Crippen molar-refractivity contribution in [3.05, 3.63) is 6.20 Å². The fraction of sp³-hybridized carbons (Fsp3) is 0.750. The zero-order valence-electron chi connectivity index (χ0n) is 10.3. The summed E-state index contributed by atoms with van der Waals surface area (Å²) >= 11 is 1.70. The molecular weight excluding hydrogens is 234 g/mol. The second-order valence-corrected chi connectivity index (χ2v) is 5.85. The number of anilines is 1. The van der Waals surface area contributed by atoms with E-state index in [4.69, 9.17) is 5.73 Å². The van der Waals surface area contributed by atoms with Crippen LogP contribution in [-0.4, -0.2) is 26.7 Å². The van der Waals surface area contributed by atoms with E-state index in [1.807, 2.05) is 10.9 Å². The van der Waals surface area contributed by atoms with Gasteiger partial charge in [-0.1, -0.05) is 26.2 Å². The van der Waals surface area contributed by atoms with Gasteiger partial charge in [-0.3, -0.25) is 0 Å². The molecule has 17 heavy (non-hydrogen) atoms. The van der Waals surface area contributed by atoms with E-state index in [1.54, 1.807) is 11.8 Å². The summed E-state index contributed by atoms with van der Waals surface area (Å²) in [6.45, 7) is 2.10. The summed E-state index contributed by atoms with van der Waals surface area (Å²) in [7, 11) is 0. The van der Waals surface area contributed by atoms with Crippen molar-refractivity contribution in [3.8, 4) is 0 Å². The quantitative estimate of drug-likeness (QED) is 0.643. The topological polar surface area (TPSA) is 64.1 Å². The number of hydrogen-bond acceptors (Lipinski definition) is 4. The van der Waals surface area contributed by atoms with Gasteiger partial charge in [-0.25, -0.2) is 4.68 Å². The van der Waals surface area contributed by atoms with Crippen molar-refractivity contribution < 1.29 is 5.11 Å². The minimum Gasteiger partial charge on any atom is -0.391 e. The molecule has 1 aliphatic carbocycles. The average Bonchev–Trinajstić information content (AvgIpc) is 2.54. The molecule has 1 aromatic heterocycles. The second-order valence-electron chi connectivity index (χ2n) is 4.54. The molecule has 0 aromatic carbocycles. The van der Waals surface area contributed by atoms with Gasteiger partial charge in [-0.15, -0.1) is 11.8 Å². The first-order valence-electron chi connectivity index (χ1n) is 6.38. The Labute approximate surface area is 107 Å². The minimum absolute atomic E-state index is 0.0590. The number of nitrogens with zero attached hydrogens (tertiary/aromatic N) is 2. The lowest BCUT2D eigenvalue weighted by Gasteiger charge is -2.22. The molecule has 0 spiro atoms. The molecule has 0 radical (unpaired) electrons. The van der Waals surface area contributed by atoms with E-state index in [1.165, 1.54) is 6.42 Å². The van der Waals surface area contributed by atoms with Crippen LogP contribution in [0.5, 0.6) is 0 Å². The van der Waals surface area contributed by atoms with Gasteiger partial charge >= 0.3 is 0 Å². The van der Waals surface area contributed by atoms with Crippen LogP contribution in [0.15, 0.2) is 11.1 Å². The summed E-state index contributed by atoms with van der Waals surface area (Å²) in [4.78, 5) is 1.03. The van der Waals surface area contributed by atoms with Crippen LogP contribution in [0.1, 0.15) is 45.1 Å². The van der Waals surface area contributed by atoms with E-state index in [0.29, 0.717) is 5.82 Å². The highest BCUT2D eigenvalue weighted by atomic mass is 32.2. The number of thioether (sulfide) groups is 1. The Hall–Kier alpha value is -0.680. The third kappa shape index (κ3) is 2.77. The number of aliphatic hydroxyl groups excluding tert-OH is 1. The molecule has 1 aromatic rings. The molecule has 1 fully saturated rings. The maximum Gasteiger partial charge on any atom is 0.135 e. The Bertz CT molecular complexity index is 367. The number of hydrogen-bond donors (Lipinski definition) is 2. The summed E-state index contributed by atoms with van der Waals surface area (Å²) in [6.07, 6.45) is 6.81. The maximum absolute atomic E-state index is 10.1. The molecule has 2 atom stereocenters. The number of nitrogens with two attached hydrogens (primary N) is 1. The summed E-state index contributed by atoms with van der Waals surface area (Å²) in [5.41, 5.74) is 6.10. The highest BCUT2D eigenvalue weighted by Crippen LogP contribution is 2.32. The fourth-order valence-electron chi connectivity index (χ4n) is 2.44. The van der Waals surface area contributed by atoms with Crippen molar-refractivity contribution in [1.82, 2.24) is 9.78 Å². The van der Waals surface area contributed by atoms with Crippen LogP contribution in [0.25, 0.3) is 0 Å². The molecule has 1 saturated carbocycles. The molecule has 0 aliphatic heterocycles. The molecule has 2 rings (SSSR count). The van der Waals surface area contributed by atoms with Crippen LogP contribution < -0.4 is 5.73 Å². The molecule has 0 saturated heterocycles. The molecule has 0 bridgehead atoms. The molecule has 2 unspecified atom stereocenters. The lowest BCUT2D eigenvalue weighted by Crippen LogP contribution is -2.25. The molecular formula is C12H21N3OS. The zero-order valence-corrected chi connectivity index (χ0v) is 11.1. The molecule has 4 nitrogen and oxygen atoms in total. The van der Waals surface area contributed by atoms with Gasteiger partial charge in [0.25, 0.3) is 0 Å². The first-order chi connectivity index (χ1) is 8.24. The van der Waals surface area contributed by atoms with Gasteiger partial charge in [-0.05, 0) is 18.6 Å². The Morgan fingerprint density at radius 1 is 1.47 bits per heavy atom. The van der Waals surface area contributed by atoms with E-state index in [9.17, 15) is 5.11 Å². The predicted octanol–water partition coefficient (Wildman–Crippen LogP) is 2.44. The number of aliphatic hydroxyl groups is 1. The van der Waals surface area contributed by atoms with E-state index in [-0.39, 0.29) is 12.1 Å². The van der Waals surface area contributed by atoms with Crippen LogP contribution in [0.2, 0.25) is 0 Å². The molecule has 96 valence electrons. The standard InChI is InChI=1S/C12H21N3OS/c1-2-17-11-8-14-15(12(11)13)9-6-4-3-5-7-10(9)16/h8-10,16H,2-7,13H2,1H3. The van der Waals surface area contributed by atoms with Crippen LogP contribution in [0, 0.1) is 0 Å². The third-order valence-corrected chi connectivity index (χ3v) is 4.27. The van der Waals surface area contributed by atoms with Gasteiger partial charge in [0.15, 0.2) is 0 Å². The van der Waals surface area contributed by atoms with Crippen LogP contribution in [0.4, 0.5) is 5.82 Å². The van der Waals surface area contributed by atoms with Crippen molar-refractivity contribution in [1.29, 1.82) is 0 Å². The van der Waals surface area contributed by atoms with Crippen molar-refractivity contribution in [2.24, 2.45) is 0 Å².